The first kappa shape index (κ1) is 29.0. The molecule has 0 saturated carbocycles. The van der Waals surface area contributed by atoms with Crippen molar-refractivity contribution in [2.24, 2.45) is 0 Å². The molecule has 4 heterocycles. The normalized spacial score (nSPS) is 11.9. The molecule has 220 valence electrons. The number of hydrogen-bond donors (Lipinski definition) is 3. The van der Waals surface area contributed by atoms with Gasteiger partial charge in [0.2, 0.25) is 5.91 Å². The van der Waals surface area contributed by atoms with Gasteiger partial charge in [-0.1, -0.05) is 44.6 Å². The van der Waals surface area contributed by atoms with Crippen molar-refractivity contribution in [3.05, 3.63) is 78.4 Å². The van der Waals surface area contributed by atoms with Gasteiger partial charge in [-0.15, -0.1) is 0 Å². The van der Waals surface area contributed by atoms with Gasteiger partial charge in [-0.05, 0) is 29.3 Å². The van der Waals surface area contributed by atoms with Gasteiger partial charge in [0, 0.05) is 36.1 Å². The van der Waals surface area contributed by atoms with E-state index in [2.05, 4.69) is 52.3 Å². The molecule has 5 aromatic rings. The Balaban J connectivity index is 1.47. The van der Waals surface area contributed by atoms with Gasteiger partial charge in [-0.2, -0.15) is 18.2 Å². The molecular weight excluding hydrogens is 567 g/mol. The Morgan fingerprint density at radius 3 is 2.51 bits per heavy atom. The molecule has 5 rings (SSSR count). The van der Waals surface area contributed by atoms with E-state index >= 15 is 0 Å². The van der Waals surface area contributed by atoms with Crippen LogP contribution < -0.4 is 10.6 Å². The number of carbonyl (C=O) groups is 2. The van der Waals surface area contributed by atoms with Gasteiger partial charge < -0.3 is 20.1 Å². The number of rotatable bonds is 7. The van der Waals surface area contributed by atoms with Crippen molar-refractivity contribution in [1.82, 2.24) is 40.4 Å². The Morgan fingerprint density at radius 1 is 1.05 bits per heavy atom. The number of fused-ring (bicyclic) bond motifs is 1. The average Bonchev–Trinajstić information content (AvgIpc) is 3.64. The zero-order chi connectivity index (χ0) is 30.9. The lowest BCUT2D eigenvalue weighted by Crippen LogP contribution is -2.25. The standard InChI is InChI=1S/C28H24F3N9O3/c1-5-18(41)36-22-20(32-10-11-34-22)23-37-19-16(8-9-33-21(19)38-23)14-6-7-15(17(12-14)28(29,30)31)13-35-24(42)25-39-26(40-43-25)27(2,3)4/h5-12H,1,13H2,2-4H3,(H,35,42)(H,33,37,38)(H,34,36,41). The van der Waals surface area contributed by atoms with Gasteiger partial charge in [-0.3, -0.25) is 9.59 Å². The van der Waals surface area contributed by atoms with Gasteiger partial charge >= 0.3 is 18.0 Å². The number of nitrogens with zero attached hydrogens (tertiary/aromatic N) is 6. The monoisotopic (exact) mass is 591 g/mol. The third kappa shape index (κ3) is 6.10. The molecular formula is C28H24F3N9O3. The van der Waals surface area contributed by atoms with Crippen LogP contribution in [0.5, 0.6) is 0 Å². The van der Waals surface area contributed by atoms with Crippen LogP contribution in [0.1, 0.15) is 48.4 Å². The summed E-state index contributed by atoms with van der Waals surface area (Å²) in [6, 6.07) is 5.27. The highest BCUT2D eigenvalue weighted by atomic mass is 19.4. The first-order valence-electron chi connectivity index (χ1n) is 12.8. The summed E-state index contributed by atoms with van der Waals surface area (Å²) in [5, 5.41) is 8.72. The van der Waals surface area contributed by atoms with E-state index in [-0.39, 0.29) is 45.5 Å². The van der Waals surface area contributed by atoms with Gasteiger partial charge in [0.25, 0.3) is 0 Å². The van der Waals surface area contributed by atoms with E-state index in [1.54, 1.807) is 0 Å². The number of aromatic amines is 1. The molecule has 0 atom stereocenters. The number of pyridine rings is 1. The molecule has 0 bridgehead atoms. The number of alkyl halides is 3. The van der Waals surface area contributed by atoms with Gasteiger partial charge in [0.05, 0.1) is 5.56 Å². The smallest absolute Gasteiger partial charge is 0.344 e. The van der Waals surface area contributed by atoms with Crippen LogP contribution in [0, 0.1) is 0 Å². The van der Waals surface area contributed by atoms with Crippen LogP contribution in [0.15, 0.2) is 60.0 Å². The molecule has 4 aromatic heterocycles. The predicted molar refractivity (Wildman–Crippen MR) is 148 cm³/mol. The van der Waals surface area contributed by atoms with Crippen LogP contribution in [0.3, 0.4) is 0 Å². The lowest BCUT2D eigenvalue weighted by molar-refractivity contribution is -0.138. The number of aromatic nitrogens is 7. The van der Waals surface area contributed by atoms with Crippen molar-refractivity contribution in [3.8, 4) is 22.6 Å². The highest BCUT2D eigenvalue weighted by molar-refractivity contribution is 6.00. The van der Waals surface area contributed by atoms with Crippen LogP contribution in [-0.4, -0.2) is 46.9 Å². The number of nitrogens with one attached hydrogen (secondary N) is 3. The van der Waals surface area contributed by atoms with Crippen molar-refractivity contribution in [2.75, 3.05) is 5.32 Å². The summed E-state index contributed by atoms with van der Waals surface area (Å²) in [5.41, 5.74) is -0.297. The van der Waals surface area contributed by atoms with Crippen LogP contribution in [-0.2, 0) is 22.9 Å². The molecule has 1 aromatic carbocycles. The van der Waals surface area contributed by atoms with Crippen molar-refractivity contribution in [1.29, 1.82) is 0 Å². The molecule has 0 aliphatic carbocycles. The maximum absolute atomic E-state index is 14.2. The molecule has 43 heavy (non-hydrogen) atoms. The molecule has 3 N–H and O–H groups in total. The molecule has 12 nitrogen and oxygen atoms in total. The molecule has 0 radical (unpaired) electrons. The van der Waals surface area contributed by atoms with E-state index < -0.39 is 35.5 Å². The summed E-state index contributed by atoms with van der Waals surface area (Å²) in [7, 11) is 0. The number of halogens is 3. The second kappa shape index (κ2) is 11.1. The van der Waals surface area contributed by atoms with E-state index in [4.69, 9.17) is 4.52 Å². The minimum absolute atomic E-state index is 0.105. The average molecular weight is 592 g/mol. The Kier molecular flexibility index (Phi) is 7.48. The Labute approximate surface area is 241 Å². The highest BCUT2D eigenvalue weighted by Crippen LogP contribution is 2.37. The van der Waals surface area contributed by atoms with Crippen molar-refractivity contribution in [2.45, 2.75) is 38.9 Å². The number of benzene rings is 1. The number of carbonyl (C=O) groups excluding carboxylic acids is 2. The molecule has 15 heteroatoms. The highest BCUT2D eigenvalue weighted by Gasteiger charge is 2.34. The minimum Gasteiger partial charge on any atom is -0.344 e. The Bertz CT molecular complexity index is 1860. The van der Waals surface area contributed by atoms with Crippen molar-refractivity contribution in [3.63, 3.8) is 0 Å². The van der Waals surface area contributed by atoms with E-state index in [1.165, 1.54) is 36.8 Å². The summed E-state index contributed by atoms with van der Waals surface area (Å²) >= 11 is 0. The molecule has 0 aliphatic rings. The summed E-state index contributed by atoms with van der Waals surface area (Å²) in [6.07, 6.45) is 0.533. The topological polar surface area (TPSA) is 164 Å². The quantitative estimate of drug-likeness (QED) is 0.225. The number of amides is 2. The summed E-state index contributed by atoms with van der Waals surface area (Å²) in [4.78, 5) is 48.5. The first-order chi connectivity index (χ1) is 20.3. The number of hydrogen-bond acceptors (Lipinski definition) is 9. The van der Waals surface area contributed by atoms with Gasteiger partial charge in [0.1, 0.15) is 11.2 Å². The summed E-state index contributed by atoms with van der Waals surface area (Å²) in [5.74, 6) is -1.08. The van der Waals surface area contributed by atoms with Gasteiger partial charge in [-0.25, -0.2) is 19.9 Å². The lowest BCUT2D eigenvalue weighted by Gasteiger charge is -2.15. The molecule has 0 unspecified atom stereocenters. The third-order valence-electron chi connectivity index (χ3n) is 6.19. The zero-order valence-electron chi connectivity index (χ0n) is 23.1. The second-order valence-corrected chi connectivity index (χ2v) is 10.3. The van der Waals surface area contributed by atoms with Crippen molar-refractivity contribution < 1.29 is 27.3 Å². The molecule has 0 fully saturated rings. The largest absolute Gasteiger partial charge is 0.416 e. The molecule has 2 amide bonds. The predicted octanol–water partition coefficient (Wildman–Crippen LogP) is 4.84. The summed E-state index contributed by atoms with van der Waals surface area (Å²) < 4.78 is 47.6. The maximum Gasteiger partial charge on any atom is 0.416 e. The number of imidazole rings is 1. The van der Waals surface area contributed by atoms with Gasteiger partial charge in [0.15, 0.2) is 23.1 Å². The molecule has 0 saturated heterocycles. The fourth-order valence-electron chi connectivity index (χ4n) is 4.06. The SMILES string of the molecule is C=CC(=O)Nc1nccnc1-c1nc2c(-c3ccc(CNC(=O)c4nc(C(C)(C)C)no4)c(C(F)(F)F)c3)ccnc2[nH]1. The van der Waals surface area contributed by atoms with E-state index in [0.29, 0.717) is 11.4 Å². The maximum atomic E-state index is 14.2. The lowest BCUT2D eigenvalue weighted by atomic mass is 9.96. The summed E-state index contributed by atoms with van der Waals surface area (Å²) in [6.45, 7) is 8.45. The molecule has 0 aliphatic heterocycles. The molecule has 0 spiro atoms. The van der Waals surface area contributed by atoms with Crippen LogP contribution in [0.25, 0.3) is 33.8 Å². The number of anilines is 1. The van der Waals surface area contributed by atoms with E-state index in [9.17, 15) is 22.8 Å². The fourth-order valence-corrected chi connectivity index (χ4v) is 4.06. The van der Waals surface area contributed by atoms with Crippen LogP contribution >= 0.6 is 0 Å². The van der Waals surface area contributed by atoms with Crippen molar-refractivity contribution >= 4 is 28.8 Å². The minimum atomic E-state index is -4.74. The van der Waals surface area contributed by atoms with E-state index in [0.717, 1.165) is 12.1 Å². The van der Waals surface area contributed by atoms with Crippen LogP contribution in [0.2, 0.25) is 0 Å². The second-order valence-electron chi connectivity index (χ2n) is 10.3. The van der Waals surface area contributed by atoms with E-state index in [1.807, 2.05) is 20.8 Å². The number of H-pyrrole nitrogens is 1. The first-order valence-corrected chi connectivity index (χ1v) is 12.8. The zero-order valence-corrected chi connectivity index (χ0v) is 23.1. The Hall–Kier alpha value is -5.47. The fraction of sp³-hybridized carbons (Fsp3) is 0.214. The van der Waals surface area contributed by atoms with Crippen LogP contribution in [0.4, 0.5) is 19.0 Å². The third-order valence-corrected chi connectivity index (χ3v) is 6.19. The Morgan fingerprint density at radius 2 is 1.81 bits per heavy atom.